The van der Waals surface area contributed by atoms with E-state index in [1.54, 1.807) is 17.5 Å². The molecule has 4 rings (SSSR count). The Bertz CT molecular complexity index is 1070. The molecule has 1 saturated heterocycles. The summed E-state index contributed by atoms with van der Waals surface area (Å²) < 4.78 is 0. The van der Waals surface area contributed by atoms with Crippen LogP contribution in [0.25, 0.3) is 0 Å². The van der Waals surface area contributed by atoms with Crippen molar-refractivity contribution in [3.05, 3.63) is 82.1 Å². The molecule has 2 aromatic heterocycles. The molecule has 0 radical (unpaired) electrons. The Morgan fingerprint density at radius 2 is 1.88 bits per heavy atom. The van der Waals surface area contributed by atoms with Crippen LogP contribution < -0.4 is 5.73 Å². The molecule has 3 aromatic rings. The molecule has 33 heavy (non-hydrogen) atoms. The highest BCUT2D eigenvalue weighted by Crippen LogP contribution is 2.52. The molecule has 3 heterocycles. The highest BCUT2D eigenvalue weighted by molar-refractivity contribution is 7.09. The van der Waals surface area contributed by atoms with E-state index >= 15 is 0 Å². The second kappa shape index (κ2) is 8.99. The Morgan fingerprint density at radius 3 is 2.42 bits per heavy atom. The van der Waals surface area contributed by atoms with E-state index in [-0.39, 0.29) is 23.3 Å². The minimum absolute atomic E-state index is 0.0149. The van der Waals surface area contributed by atoms with E-state index in [4.69, 9.17) is 5.73 Å². The zero-order valence-corrected chi connectivity index (χ0v) is 21.0. The minimum Gasteiger partial charge on any atom is -0.310 e. The number of benzene rings is 1. The molecule has 0 spiro atoms. The average Bonchev–Trinajstić information content (AvgIpc) is 3.39. The van der Waals surface area contributed by atoms with Crippen molar-refractivity contribution in [2.75, 3.05) is 0 Å². The van der Waals surface area contributed by atoms with Crippen molar-refractivity contribution in [3.8, 4) is 0 Å². The van der Waals surface area contributed by atoms with Crippen LogP contribution in [0, 0.1) is 5.92 Å². The molecule has 1 fully saturated rings. The first-order chi connectivity index (χ1) is 15.6. The standard InChI is InChI=1S/C27H34N4OS/c1-18(2)16-27(28)17-21(22-8-6-7-13-29-22)23(24-30-14-15-33-24)31(27)25(32)19-9-11-20(12-10-19)26(3,4)5/h6-15,18,21,23H,16-17,28H2,1-5H3/t21-,23-,27+/m1/s1. The van der Waals surface area contributed by atoms with Crippen molar-refractivity contribution in [1.82, 2.24) is 14.9 Å². The number of aromatic nitrogens is 2. The summed E-state index contributed by atoms with van der Waals surface area (Å²) in [5.41, 5.74) is 9.17. The molecule has 0 aliphatic carbocycles. The van der Waals surface area contributed by atoms with E-state index in [0.29, 0.717) is 24.3 Å². The molecule has 2 N–H and O–H groups in total. The van der Waals surface area contributed by atoms with E-state index in [1.807, 2.05) is 46.8 Å². The molecular formula is C27H34N4OS. The number of nitrogens with two attached hydrogens (primary N) is 1. The van der Waals surface area contributed by atoms with Crippen molar-refractivity contribution in [2.24, 2.45) is 11.7 Å². The van der Waals surface area contributed by atoms with Crippen LogP contribution in [0.15, 0.2) is 60.2 Å². The average molecular weight is 463 g/mol. The van der Waals surface area contributed by atoms with Crippen LogP contribution in [0.4, 0.5) is 0 Å². The Hall–Kier alpha value is -2.57. The highest BCUT2D eigenvalue weighted by atomic mass is 32.1. The summed E-state index contributed by atoms with van der Waals surface area (Å²) in [6.07, 6.45) is 4.97. The first kappa shape index (κ1) is 23.6. The van der Waals surface area contributed by atoms with Crippen molar-refractivity contribution < 1.29 is 4.79 Å². The Labute approximate surface area is 201 Å². The lowest BCUT2D eigenvalue weighted by molar-refractivity contribution is 0.0445. The van der Waals surface area contributed by atoms with E-state index in [1.165, 1.54) is 5.56 Å². The van der Waals surface area contributed by atoms with Crippen LogP contribution in [0.5, 0.6) is 0 Å². The summed E-state index contributed by atoms with van der Waals surface area (Å²) in [5, 5.41) is 2.87. The Morgan fingerprint density at radius 1 is 1.15 bits per heavy atom. The fourth-order valence-corrected chi connectivity index (χ4v) is 5.83. The summed E-state index contributed by atoms with van der Waals surface area (Å²) in [4.78, 5) is 25.3. The van der Waals surface area contributed by atoms with Gasteiger partial charge in [-0.3, -0.25) is 9.78 Å². The molecule has 0 unspecified atom stereocenters. The molecule has 5 nitrogen and oxygen atoms in total. The van der Waals surface area contributed by atoms with E-state index < -0.39 is 5.66 Å². The maximum Gasteiger partial charge on any atom is 0.255 e. The van der Waals surface area contributed by atoms with Gasteiger partial charge in [-0.2, -0.15) is 0 Å². The number of nitrogens with zero attached hydrogens (tertiary/aromatic N) is 3. The minimum atomic E-state index is -0.785. The fraction of sp³-hybridized carbons (Fsp3) is 0.444. The molecule has 1 aliphatic heterocycles. The van der Waals surface area contributed by atoms with E-state index in [9.17, 15) is 4.79 Å². The van der Waals surface area contributed by atoms with Gasteiger partial charge in [0.15, 0.2) is 0 Å². The summed E-state index contributed by atoms with van der Waals surface area (Å²) >= 11 is 1.57. The molecular weight excluding hydrogens is 428 g/mol. The Balaban J connectivity index is 1.81. The van der Waals surface area contributed by atoms with Gasteiger partial charge in [-0.05, 0) is 54.0 Å². The lowest BCUT2D eigenvalue weighted by atomic mass is 9.86. The van der Waals surface area contributed by atoms with E-state index in [0.717, 1.165) is 10.7 Å². The second-order valence-electron chi connectivity index (χ2n) is 10.6. The predicted octanol–water partition coefficient (Wildman–Crippen LogP) is 5.91. The first-order valence-corrected chi connectivity index (χ1v) is 12.5. The maximum atomic E-state index is 14.1. The second-order valence-corrected chi connectivity index (χ2v) is 11.5. The first-order valence-electron chi connectivity index (χ1n) is 11.6. The molecule has 174 valence electrons. The molecule has 0 saturated carbocycles. The Kier molecular flexibility index (Phi) is 6.43. The number of hydrogen-bond donors (Lipinski definition) is 1. The molecule has 1 amide bonds. The number of pyridine rings is 1. The molecule has 0 bridgehead atoms. The van der Waals surface area contributed by atoms with Gasteiger partial charge in [0.2, 0.25) is 0 Å². The van der Waals surface area contributed by atoms with Crippen molar-refractivity contribution in [2.45, 2.75) is 70.5 Å². The lowest BCUT2D eigenvalue weighted by Gasteiger charge is -2.39. The van der Waals surface area contributed by atoms with Crippen LogP contribution >= 0.6 is 11.3 Å². The van der Waals surface area contributed by atoms with Gasteiger partial charge in [0, 0.05) is 34.9 Å². The van der Waals surface area contributed by atoms with Crippen LogP contribution in [-0.2, 0) is 5.41 Å². The third-order valence-corrected chi connectivity index (χ3v) is 7.31. The van der Waals surface area contributed by atoms with Crippen molar-refractivity contribution in [3.63, 3.8) is 0 Å². The van der Waals surface area contributed by atoms with Gasteiger partial charge in [0.1, 0.15) is 5.01 Å². The van der Waals surface area contributed by atoms with Gasteiger partial charge >= 0.3 is 0 Å². The van der Waals surface area contributed by atoms with Crippen LogP contribution in [0.2, 0.25) is 0 Å². The fourth-order valence-electron chi connectivity index (χ4n) is 5.04. The highest BCUT2D eigenvalue weighted by Gasteiger charge is 2.54. The third-order valence-electron chi connectivity index (χ3n) is 6.46. The monoisotopic (exact) mass is 462 g/mol. The van der Waals surface area contributed by atoms with Gasteiger partial charge in [-0.25, -0.2) is 4.98 Å². The third kappa shape index (κ3) is 4.73. The van der Waals surface area contributed by atoms with Crippen molar-refractivity contribution in [1.29, 1.82) is 0 Å². The van der Waals surface area contributed by atoms with Gasteiger partial charge < -0.3 is 10.6 Å². The molecule has 1 aromatic carbocycles. The normalized spacial score (nSPS) is 23.3. The van der Waals surface area contributed by atoms with Gasteiger partial charge in [0.05, 0.1) is 11.7 Å². The van der Waals surface area contributed by atoms with E-state index in [2.05, 4.69) is 56.7 Å². The zero-order valence-electron chi connectivity index (χ0n) is 20.2. The molecule has 6 heteroatoms. The maximum absolute atomic E-state index is 14.1. The number of carbonyl (C=O) groups is 1. The van der Waals surface area contributed by atoms with Crippen LogP contribution in [0.3, 0.4) is 0 Å². The van der Waals surface area contributed by atoms with Gasteiger partial charge in [-0.1, -0.05) is 52.8 Å². The SMILES string of the molecule is CC(C)C[C@@]1(N)C[C@H](c2ccccn2)[C@H](c2nccs2)N1C(=O)c1ccc(C(C)(C)C)cc1. The summed E-state index contributed by atoms with van der Waals surface area (Å²) in [6.45, 7) is 10.8. The lowest BCUT2D eigenvalue weighted by Crippen LogP contribution is -2.55. The summed E-state index contributed by atoms with van der Waals surface area (Å²) in [7, 11) is 0. The number of carbonyl (C=O) groups excluding carboxylic acids is 1. The topological polar surface area (TPSA) is 72.1 Å². The van der Waals surface area contributed by atoms with Crippen LogP contribution in [0.1, 0.15) is 86.0 Å². The largest absolute Gasteiger partial charge is 0.310 e. The van der Waals surface area contributed by atoms with Crippen molar-refractivity contribution >= 4 is 17.2 Å². The van der Waals surface area contributed by atoms with Crippen LogP contribution in [-0.4, -0.2) is 26.4 Å². The number of amides is 1. The number of hydrogen-bond acceptors (Lipinski definition) is 5. The quantitative estimate of drug-likeness (QED) is 0.512. The molecule has 3 atom stereocenters. The summed E-state index contributed by atoms with van der Waals surface area (Å²) in [5.74, 6) is 0.282. The van der Waals surface area contributed by atoms with Gasteiger partial charge in [0.25, 0.3) is 5.91 Å². The number of rotatable bonds is 5. The zero-order chi connectivity index (χ0) is 23.8. The van der Waals surface area contributed by atoms with Gasteiger partial charge in [-0.15, -0.1) is 11.3 Å². The molecule has 1 aliphatic rings. The smallest absolute Gasteiger partial charge is 0.255 e. The summed E-state index contributed by atoms with van der Waals surface area (Å²) in [6, 6.07) is 13.7. The number of thiazole rings is 1. The predicted molar refractivity (Wildman–Crippen MR) is 134 cm³/mol. The number of likely N-dealkylation sites (tertiary alicyclic amines) is 1.